The van der Waals surface area contributed by atoms with Gasteiger partial charge in [-0.3, -0.25) is 0 Å². The molecule has 0 saturated heterocycles. The van der Waals surface area contributed by atoms with Crippen LogP contribution in [-0.2, 0) is 6.61 Å². The van der Waals surface area contributed by atoms with Crippen LogP contribution in [0.5, 0.6) is 11.5 Å². The zero-order valence-corrected chi connectivity index (χ0v) is 11.4. The number of aliphatic hydroxyl groups is 1. The molecule has 0 aliphatic rings. The van der Waals surface area contributed by atoms with Gasteiger partial charge in [0.2, 0.25) is 0 Å². The molecule has 0 aliphatic heterocycles. The Morgan fingerprint density at radius 2 is 2.00 bits per heavy atom. The Morgan fingerprint density at radius 1 is 1.38 bits per heavy atom. The Morgan fingerprint density at radius 3 is 2.38 bits per heavy atom. The number of carbonyl (C=O) groups excluding carboxylic acids is 1. The summed E-state index contributed by atoms with van der Waals surface area (Å²) in [4.78, 5) is 10.9. The number of aliphatic hydroxyl groups excluding tert-OH is 1. The van der Waals surface area contributed by atoms with E-state index in [-0.39, 0.29) is 52.2 Å². The van der Waals surface area contributed by atoms with Crippen molar-refractivity contribution in [1.29, 1.82) is 0 Å². The quantitative estimate of drug-likeness (QED) is 0.548. The number of rotatable bonds is 4. The van der Waals surface area contributed by atoms with Gasteiger partial charge >= 0.3 is 29.6 Å². The molecule has 0 unspecified atom stereocenters. The molecule has 1 N–H and O–H groups in total. The summed E-state index contributed by atoms with van der Waals surface area (Å²) in [5.74, 6) is -1.06. The average molecular weight is 234 g/mol. The monoisotopic (exact) mass is 234 g/mol. The third-order valence-corrected chi connectivity index (χ3v) is 2.01. The normalized spacial score (nSPS) is 9.19. The molecule has 0 amide bonds. The summed E-state index contributed by atoms with van der Waals surface area (Å²) in [6, 6.07) is 2.98. The van der Waals surface area contributed by atoms with Gasteiger partial charge in [0.05, 0.1) is 26.8 Å². The molecule has 82 valence electrons. The maximum absolute atomic E-state index is 10.9. The molecule has 0 atom stereocenters. The predicted octanol–water partition coefficient (Wildman–Crippen LogP) is -3.44. The van der Waals surface area contributed by atoms with Crippen molar-refractivity contribution < 1.29 is 54.0 Å². The molecule has 1 aromatic carbocycles. The second-order valence-corrected chi connectivity index (χ2v) is 2.78. The Balaban J connectivity index is 0.00000225. The number of carboxylic acid groups (broad SMARTS) is 1. The molecule has 0 spiro atoms. The van der Waals surface area contributed by atoms with Gasteiger partial charge in [0, 0.05) is 5.56 Å². The van der Waals surface area contributed by atoms with E-state index in [1.807, 2.05) is 0 Å². The molecule has 0 aromatic heterocycles. The fourth-order valence-electron chi connectivity index (χ4n) is 1.32. The van der Waals surface area contributed by atoms with Gasteiger partial charge in [-0.2, -0.15) is 0 Å². The molecule has 0 heterocycles. The van der Waals surface area contributed by atoms with Crippen molar-refractivity contribution in [3.63, 3.8) is 0 Å². The second-order valence-electron chi connectivity index (χ2n) is 2.78. The summed E-state index contributed by atoms with van der Waals surface area (Å²) < 4.78 is 9.84. The average Bonchev–Trinajstić information content (AvgIpc) is 2.26. The summed E-state index contributed by atoms with van der Waals surface area (Å²) in [7, 11) is 2.72. The van der Waals surface area contributed by atoms with Crippen LogP contribution in [0, 0.1) is 0 Å². The van der Waals surface area contributed by atoms with Crippen LogP contribution in [0.1, 0.15) is 15.9 Å². The van der Waals surface area contributed by atoms with E-state index >= 15 is 0 Å². The summed E-state index contributed by atoms with van der Waals surface area (Å²) >= 11 is 0. The van der Waals surface area contributed by atoms with Crippen molar-refractivity contribution in [1.82, 2.24) is 0 Å². The number of carbonyl (C=O) groups is 1. The molecular formula is C10H11NaO5. The van der Waals surface area contributed by atoms with Crippen molar-refractivity contribution in [2.75, 3.05) is 14.2 Å². The Kier molecular flexibility index (Phi) is 6.43. The molecule has 5 nitrogen and oxygen atoms in total. The van der Waals surface area contributed by atoms with E-state index in [9.17, 15) is 9.90 Å². The largest absolute Gasteiger partial charge is 1.00 e. The van der Waals surface area contributed by atoms with Crippen molar-refractivity contribution in [2.45, 2.75) is 6.61 Å². The molecule has 0 bridgehead atoms. The van der Waals surface area contributed by atoms with E-state index < -0.39 is 12.6 Å². The number of ether oxygens (including phenoxy) is 2. The van der Waals surface area contributed by atoms with Crippen LogP contribution in [0.2, 0.25) is 0 Å². The van der Waals surface area contributed by atoms with Crippen LogP contribution in [0.15, 0.2) is 12.1 Å². The standard InChI is InChI=1S/C10H12O5.Na/c1-14-7-4-3-6(5-11)8(10(12)13)9(7)15-2;/h3-4,11H,5H2,1-2H3,(H,12,13);/q;+1/p-1. The first-order valence-electron chi connectivity index (χ1n) is 4.21. The van der Waals surface area contributed by atoms with Gasteiger partial charge in [0.15, 0.2) is 11.5 Å². The number of hydrogen-bond donors (Lipinski definition) is 1. The maximum Gasteiger partial charge on any atom is 1.00 e. The van der Waals surface area contributed by atoms with Crippen molar-refractivity contribution in [2.24, 2.45) is 0 Å². The third-order valence-electron chi connectivity index (χ3n) is 2.01. The van der Waals surface area contributed by atoms with Gasteiger partial charge in [-0.25, -0.2) is 0 Å². The van der Waals surface area contributed by atoms with E-state index in [4.69, 9.17) is 14.6 Å². The molecule has 0 radical (unpaired) electrons. The minimum absolute atomic E-state index is 0. The molecule has 1 rings (SSSR count). The molecule has 0 aliphatic carbocycles. The van der Waals surface area contributed by atoms with Crippen molar-refractivity contribution in [3.05, 3.63) is 23.3 Å². The molecule has 6 heteroatoms. The second kappa shape index (κ2) is 6.75. The molecule has 0 saturated carbocycles. The van der Waals surface area contributed by atoms with E-state index in [1.165, 1.54) is 26.4 Å². The van der Waals surface area contributed by atoms with Gasteiger partial charge in [-0.15, -0.1) is 0 Å². The Hall–Kier alpha value is -0.750. The summed E-state index contributed by atoms with van der Waals surface area (Å²) in [6.07, 6.45) is 0. The maximum atomic E-state index is 10.9. The first-order valence-corrected chi connectivity index (χ1v) is 4.21. The molecule has 1 aromatic rings. The van der Waals surface area contributed by atoms with Gasteiger partial charge in [-0.1, -0.05) is 6.07 Å². The van der Waals surface area contributed by atoms with Crippen molar-refractivity contribution >= 4 is 5.97 Å². The van der Waals surface area contributed by atoms with E-state index in [0.29, 0.717) is 0 Å². The first kappa shape index (κ1) is 15.2. The van der Waals surface area contributed by atoms with Crippen LogP contribution < -0.4 is 44.1 Å². The third kappa shape index (κ3) is 2.89. The zero-order chi connectivity index (χ0) is 11.4. The topological polar surface area (TPSA) is 78.8 Å². The fraction of sp³-hybridized carbons (Fsp3) is 0.300. The zero-order valence-electron chi connectivity index (χ0n) is 9.44. The number of benzene rings is 1. The molecular weight excluding hydrogens is 223 g/mol. The first-order chi connectivity index (χ1) is 7.15. The number of hydrogen-bond acceptors (Lipinski definition) is 5. The van der Waals surface area contributed by atoms with Gasteiger partial charge in [0.25, 0.3) is 0 Å². The molecule has 16 heavy (non-hydrogen) atoms. The van der Waals surface area contributed by atoms with E-state index in [0.717, 1.165) is 0 Å². The fourth-order valence-corrected chi connectivity index (χ4v) is 1.32. The van der Waals surface area contributed by atoms with Crippen molar-refractivity contribution in [3.8, 4) is 11.5 Å². The molecule has 0 fully saturated rings. The van der Waals surface area contributed by atoms with Gasteiger partial charge in [0.1, 0.15) is 0 Å². The number of carboxylic acids is 1. The number of aromatic carboxylic acids is 1. The predicted molar refractivity (Wildman–Crippen MR) is 49.8 cm³/mol. The van der Waals surface area contributed by atoms with Crippen LogP contribution in [0.25, 0.3) is 0 Å². The Bertz CT molecular complexity index is 378. The van der Waals surface area contributed by atoms with E-state index in [1.54, 1.807) is 0 Å². The summed E-state index contributed by atoms with van der Waals surface area (Å²) in [5.41, 5.74) is 0.0481. The Labute approximate surface area is 115 Å². The van der Waals surface area contributed by atoms with Gasteiger partial charge in [-0.05, 0) is 11.6 Å². The van der Waals surface area contributed by atoms with Crippen LogP contribution >= 0.6 is 0 Å². The van der Waals surface area contributed by atoms with Crippen LogP contribution in [0.3, 0.4) is 0 Å². The van der Waals surface area contributed by atoms with E-state index in [2.05, 4.69) is 0 Å². The minimum atomic E-state index is -1.41. The summed E-state index contributed by atoms with van der Waals surface area (Å²) in [6.45, 7) is -0.399. The smallest absolute Gasteiger partial charge is 0.545 e. The van der Waals surface area contributed by atoms with Gasteiger partial charge < -0.3 is 24.5 Å². The SMILES string of the molecule is COc1ccc(CO)c(C(=O)[O-])c1OC.[Na+]. The van der Waals surface area contributed by atoms with Crippen LogP contribution in [-0.4, -0.2) is 25.3 Å². The number of methoxy groups -OCH3 is 2. The van der Waals surface area contributed by atoms with Crippen LogP contribution in [0.4, 0.5) is 0 Å². The summed E-state index contributed by atoms with van der Waals surface area (Å²) in [5, 5.41) is 19.8. The minimum Gasteiger partial charge on any atom is -0.545 e.